The maximum Gasteiger partial charge on any atom is 0.277 e. The summed E-state index contributed by atoms with van der Waals surface area (Å²) in [5, 5.41) is 14.5. The number of non-ortho nitro benzene ring substituents is 1. The van der Waals surface area contributed by atoms with Crippen LogP contribution in [0.5, 0.6) is 17.2 Å². The van der Waals surface area contributed by atoms with Crippen molar-refractivity contribution in [3.63, 3.8) is 0 Å². The number of unbranched alkanes of at least 4 members (excludes halogenated alkanes) is 2. The third-order valence-corrected chi connectivity index (χ3v) is 4.01. The Bertz CT molecular complexity index is 868. The predicted molar refractivity (Wildman–Crippen MR) is 112 cm³/mol. The summed E-state index contributed by atoms with van der Waals surface area (Å²) in [5.41, 5.74) is 3.03. The molecule has 0 aromatic heterocycles. The number of nitro benzene ring substituents is 1. The van der Waals surface area contributed by atoms with Gasteiger partial charge >= 0.3 is 0 Å². The zero-order chi connectivity index (χ0) is 21.8. The minimum absolute atomic E-state index is 0.0517. The molecule has 9 nitrogen and oxygen atoms in total. The molecule has 160 valence electrons. The van der Waals surface area contributed by atoms with E-state index >= 15 is 0 Å². The molecule has 0 radical (unpaired) electrons. The zero-order valence-corrected chi connectivity index (χ0v) is 17.0. The van der Waals surface area contributed by atoms with Crippen molar-refractivity contribution in [2.45, 2.75) is 26.2 Å². The lowest BCUT2D eigenvalue weighted by molar-refractivity contribution is -0.384. The third kappa shape index (κ3) is 7.42. The van der Waals surface area contributed by atoms with Gasteiger partial charge in [0.15, 0.2) is 18.1 Å². The van der Waals surface area contributed by atoms with E-state index in [1.54, 1.807) is 25.3 Å². The number of amides is 1. The van der Waals surface area contributed by atoms with Crippen LogP contribution in [0.2, 0.25) is 0 Å². The fraction of sp³-hybridized carbons (Fsp3) is 0.333. The van der Waals surface area contributed by atoms with E-state index in [2.05, 4.69) is 17.5 Å². The lowest BCUT2D eigenvalue weighted by Crippen LogP contribution is -2.24. The molecule has 0 spiro atoms. The van der Waals surface area contributed by atoms with Crippen molar-refractivity contribution in [2.75, 3.05) is 20.3 Å². The van der Waals surface area contributed by atoms with Crippen LogP contribution in [0.1, 0.15) is 31.7 Å². The van der Waals surface area contributed by atoms with E-state index in [1.807, 2.05) is 0 Å². The molecule has 2 aromatic rings. The molecule has 0 bridgehead atoms. The Morgan fingerprint density at radius 1 is 1.13 bits per heavy atom. The highest BCUT2D eigenvalue weighted by Crippen LogP contribution is 2.27. The van der Waals surface area contributed by atoms with Gasteiger partial charge in [-0.05, 0) is 42.3 Å². The van der Waals surface area contributed by atoms with E-state index < -0.39 is 10.8 Å². The van der Waals surface area contributed by atoms with E-state index in [0.717, 1.165) is 24.8 Å². The van der Waals surface area contributed by atoms with E-state index in [0.29, 0.717) is 23.9 Å². The number of nitrogens with one attached hydrogen (secondary N) is 1. The van der Waals surface area contributed by atoms with Gasteiger partial charge in [0.05, 0.1) is 24.9 Å². The quantitative estimate of drug-likeness (QED) is 0.245. The van der Waals surface area contributed by atoms with Crippen LogP contribution in [0.25, 0.3) is 0 Å². The van der Waals surface area contributed by atoms with Crippen LogP contribution in [0.3, 0.4) is 0 Å². The second kappa shape index (κ2) is 12.1. The highest BCUT2D eigenvalue weighted by Gasteiger charge is 2.07. The minimum atomic E-state index is -0.509. The summed E-state index contributed by atoms with van der Waals surface area (Å²) in [6, 6.07) is 10.8. The van der Waals surface area contributed by atoms with E-state index in [1.165, 1.54) is 30.5 Å². The van der Waals surface area contributed by atoms with Gasteiger partial charge in [-0.3, -0.25) is 14.9 Å². The standard InChI is InChI=1S/C21H25N3O6/c1-3-4-5-12-29-19-11-6-16(13-20(19)28-2)14-22-23-21(25)15-30-18-9-7-17(8-10-18)24(26)27/h6-11,13-14H,3-5,12,15H2,1-2H3,(H,23,25). The summed E-state index contributed by atoms with van der Waals surface area (Å²) < 4.78 is 16.3. The average Bonchev–Trinajstić information content (AvgIpc) is 2.76. The van der Waals surface area contributed by atoms with Crippen molar-refractivity contribution in [3.8, 4) is 17.2 Å². The van der Waals surface area contributed by atoms with Crippen molar-refractivity contribution in [1.82, 2.24) is 5.43 Å². The molecule has 0 atom stereocenters. The van der Waals surface area contributed by atoms with Gasteiger partial charge in [-0.15, -0.1) is 0 Å². The van der Waals surface area contributed by atoms with Gasteiger partial charge < -0.3 is 14.2 Å². The summed E-state index contributed by atoms with van der Waals surface area (Å²) in [4.78, 5) is 21.9. The van der Waals surface area contributed by atoms with E-state index in [-0.39, 0.29) is 12.3 Å². The molecule has 0 saturated heterocycles. The Morgan fingerprint density at radius 3 is 2.57 bits per heavy atom. The molecule has 9 heteroatoms. The zero-order valence-electron chi connectivity index (χ0n) is 17.0. The van der Waals surface area contributed by atoms with Crippen LogP contribution < -0.4 is 19.6 Å². The minimum Gasteiger partial charge on any atom is -0.493 e. The SMILES string of the molecule is CCCCCOc1ccc(C=NNC(=O)COc2ccc([N+](=O)[O-])cc2)cc1OC. The Labute approximate surface area is 174 Å². The van der Waals surface area contributed by atoms with Crippen LogP contribution in [0, 0.1) is 10.1 Å². The normalized spacial score (nSPS) is 10.6. The summed E-state index contributed by atoms with van der Waals surface area (Å²) in [5.74, 6) is 1.13. The Morgan fingerprint density at radius 2 is 1.90 bits per heavy atom. The maximum atomic E-state index is 11.8. The number of hydrogen-bond donors (Lipinski definition) is 1. The molecule has 30 heavy (non-hydrogen) atoms. The second-order valence-corrected chi connectivity index (χ2v) is 6.30. The molecule has 0 saturated carbocycles. The van der Waals surface area contributed by atoms with Crippen LogP contribution in [0.4, 0.5) is 5.69 Å². The van der Waals surface area contributed by atoms with Gasteiger partial charge in [0, 0.05) is 12.1 Å². The third-order valence-electron chi connectivity index (χ3n) is 4.01. The molecule has 2 rings (SSSR count). The fourth-order valence-electron chi connectivity index (χ4n) is 2.44. The van der Waals surface area contributed by atoms with Gasteiger partial charge in [-0.25, -0.2) is 5.43 Å². The Kier molecular flexibility index (Phi) is 9.11. The molecule has 0 aliphatic carbocycles. The monoisotopic (exact) mass is 415 g/mol. The van der Waals surface area contributed by atoms with Crippen molar-refractivity contribution >= 4 is 17.8 Å². The summed E-state index contributed by atoms with van der Waals surface area (Å²) >= 11 is 0. The highest BCUT2D eigenvalue weighted by molar-refractivity contribution is 5.83. The van der Waals surface area contributed by atoms with Crippen molar-refractivity contribution in [2.24, 2.45) is 5.10 Å². The number of nitro groups is 1. The summed E-state index contributed by atoms with van der Waals surface area (Å²) in [6.45, 7) is 2.49. The Hall–Kier alpha value is -3.62. The number of benzene rings is 2. The summed E-state index contributed by atoms with van der Waals surface area (Å²) in [6.07, 6.45) is 4.70. The molecule has 0 aliphatic heterocycles. The first-order chi connectivity index (χ1) is 14.5. The van der Waals surface area contributed by atoms with Crippen LogP contribution in [-0.4, -0.2) is 37.4 Å². The molecule has 0 fully saturated rings. The van der Waals surface area contributed by atoms with Gasteiger partial charge in [-0.2, -0.15) is 5.10 Å². The van der Waals surface area contributed by atoms with Crippen LogP contribution in [0.15, 0.2) is 47.6 Å². The van der Waals surface area contributed by atoms with Crippen LogP contribution in [-0.2, 0) is 4.79 Å². The lowest BCUT2D eigenvalue weighted by Gasteiger charge is -2.11. The molecular formula is C21H25N3O6. The molecule has 2 aromatic carbocycles. The van der Waals surface area contributed by atoms with Gasteiger partial charge in [0.1, 0.15) is 5.75 Å². The number of carbonyl (C=O) groups is 1. The molecule has 0 unspecified atom stereocenters. The number of ether oxygens (including phenoxy) is 3. The molecular weight excluding hydrogens is 390 g/mol. The number of rotatable bonds is 12. The first kappa shape index (κ1) is 22.7. The molecule has 0 aliphatic rings. The number of carbonyl (C=O) groups excluding carboxylic acids is 1. The molecule has 1 N–H and O–H groups in total. The van der Waals surface area contributed by atoms with Crippen molar-refractivity contribution < 1.29 is 23.9 Å². The topological polar surface area (TPSA) is 112 Å². The average molecular weight is 415 g/mol. The van der Waals surface area contributed by atoms with Gasteiger partial charge in [-0.1, -0.05) is 19.8 Å². The van der Waals surface area contributed by atoms with E-state index in [9.17, 15) is 14.9 Å². The first-order valence-corrected chi connectivity index (χ1v) is 9.53. The number of methoxy groups -OCH3 is 1. The number of hydrogen-bond acceptors (Lipinski definition) is 7. The fourth-order valence-corrected chi connectivity index (χ4v) is 2.44. The maximum absolute atomic E-state index is 11.8. The smallest absolute Gasteiger partial charge is 0.277 e. The number of nitrogens with zero attached hydrogens (tertiary/aromatic N) is 2. The Balaban J connectivity index is 1.82. The van der Waals surface area contributed by atoms with Crippen LogP contribution >= 0.6 is 0 Å². The second-order valence-electron chi connectivity index (χ2n) is 6.30. The largest absolute Gasteiger partial charge is 0.493 e. The van der Waals surface area contributed by atoms with Gasteiger partial charge in [0.25, 0.3) is 11.6 Å². The number of hydrazone groups is 1. The molecule has 1 amide bonds. The van der Waals surface area contributed by atoms with Crippen molar-refractivity contribution in [3.05, 3.63) is 58.1 Å². The first-order valence-electron chi connectivity index (χ1n) is 9.53. The lowest BCUT2D eigenvalue weighted by atomic mass is 10.2. The highest BCUT2D eigenvalue weighted by atomic mass is 16.6. The van der Waals surface area contributed by atoms with Gasteiger partial charge in [0.2, 0.25) is 0 Å². The molecule has 0 heterocycles. The van der Waals surface area contributed by atoms with E-state index in [4.69, 9.17) is 14.2 Å². The predicted octanol–water partition coefficient (Wildman–Crippen LogP) is 3.70. The van der Waals surface area contributed by atoms with Crippen molar-refractivity contribution in [1.29, 1.82) is 0 Å². The summed E-state index contributed by atoms with van der Waals surface area (Å²) in [7, 11) is 1.56.